The fraction of sp³-hybridized carbons (Fsp3) is 0.667. The Hall–Kier alpha value is -1.06. The third-order valence-corrected chi connectivity index (χ3v) is 5.91. The van der Waals surface area contributed by atoms with Crippen LogP contribution in [0.25, 0.3) is 0 Å². The van der Waals surface area contributed by atoms with Crippen molar-refractivity contribution in [2.45, 2.75) is 44.2 Å². The number of hydrogen-bond acceptors (Lipinski definition) is 4. The number of para-hydroxylation sites is 1. The molecule has 0 radical (unpaired) electrons. The first kappa shape index (κ1) is 23.2. The van der Waals surface area contributed by atoms with Gasteiger partial charge in [-0.25, -0.2) is 0 Å². The van der Waals surface area contributed by atoms with Gasteiger partial charge in [-0.3, -0.25) is 9.89 Å². The van der Waals surface area contributed by atoms with Gasteiger partial charge in [-0.15, -0.1) is 24.0 Å². The van der Waals surface area contributed by atoms with Gasteiger partial charge in [-0.2, -0.15) is 0 Å². The van der Waals surface area contributed by atoms with Crippen LogP contribution in [0.15, 0.2) is 29.3 Å². The molecule has 28 heavy (non-hydrogen) atoms. The van der Waals surface area contributed by atoms with Crippen molar-refractivity contribution in [1.82, 2.24) is 15.5 Å². The maximum absolute atomic E-state index is 5.58. The van der Waals surface area contributed by atoms with Crippen LogP contribution in [-0.2, 0) is 11.3 Å². The highest BCUT2D eigenvalue weighted by Gasteiger charge is 2.38. The minimum Gasteiger partial charge on any atom is -0.496 e. The van der Waals surface area contributed by atoms with Gasteiger partial charge in [0.25, 0.3) is 0 Å². The molecule has 2 fully saturated rings. The third-order valence-electron chi connectivity index (χ3n) is 5.91. The second-order valence-electron chi connectivity index (χ2n) is 7.48. The lowest BCUT2D eigenvalue weighted by molar-refractivity contribution is -0.0352. The highest BCUT2D eigenvalue weighted by Crippen LogP contribution is 2.33. The number of halogens is 1. The number of nitrogens with one attached hydrogen (secondary N) is 2. The number of hydrogen-bond donors (Lipinski definition) is 2. The van der Waals surface area contributed by atoms with E-state index in [2.05, 4.69) is 26.6 Å². The van der Waals surface area contributed by atoms with Crippen LogP contribution >= 0.6 is 24.0 Å². The minimum atomic E-state index is 0. The number of aliphatic imine (C=N–C) groups is 1. The first-order chi connectivity index (χ1) is 13.3. The molecule has 1 aromatic rings. The molecule has 1 aromatic carbocycles. The summed E-state index contributed by atoms with van der Waals surface area (Å²) < 4.78 is 11.0. The second-order valence-corrected chi connectivity index (χ2v) is 7.48. The zero-order valence-electron chi connectivity index (χ0n) is 17.2. The van der Waals surface area contributed by atoms with Gasteiger partial charge >= 0.3 is 0 Å². The zero-order chi connectivity index (χ0) is 19.0. The van der Waals surface area contributed by atoms with E-state index < -0.39 is 0 Å². The summed E-state index contributed by atoms with van der Waals surface area (Å²) in [6.45, 7) is 5.39. The van der Waals surface area contributed by atoms with Gasteiger partial charge in [0.1, 0.15) is 5.75 Å². The van der Waals surface area contributed by atoms with Crippen LogP contribution in [0, 0.1) is 0 Å². The molecule has 0 unspecified atom stereocenters. The monoisotopic (exact) mass is 502 g/mol. The van der Waals surface area contributed by atoms with Crippen molar-refractivity contribution in [3.05, 3.63) is 29.8 Å². The van der Waals surface area contributed by atoms with Crippen LogP contribution in [-0.4, -0.2) is 63.4 Å². The fourth-order valence-corrected chi connectivity index (χ4v) is 4.35. The van der Waals surface area contributed by atoms with Gasteiger partial charge in [-0.05, 0) is 18.9 Å². The molecule has 2 N–H and O–H groups in total. The van der Waals surface area contributed by atoms with E-state index in [1.54, 1.807) is 7.11 Å². The van der Waals surface area contributed by atoms with E-state index in [0.29, 0.717) is 6.54 Å². The maximum atomic E-state index is 5.58. The lowest BCUT2D eigenvalue weighted by Crippen LogP contribution is -2.60. The Morgan fingerprint density at radius 2 is 1.86 bits per heavy atom. The molecular weight excluding hydrogens is 467 g/mol. The minimum absolute atomic E-state index is 0. The third kappa shape index (κ3) is 5.97. The van der Waals surface area contributed by atoms with Crippen molar-refractivity contribution in [3.8, 4) is 5.75 Å². The maximum Gasteiger partial charge on any atom is 0.191 e. The number of ether oxygens (including phenoxy) is 2. The summed E-state index contributed by atoms with van der Waals surface area (Å²) in [5.41, 5.74) is 1.35. The molecule has 1 saturated heterocycles. The molecule has 1 saturated carbocycles. The smallest absolute Gasteiger partial charge is 0.191 e. The molecular formula is C21H35IN4O2. The molecule has 1 aliphatic carbocycles. The summed E-state index contributed by atoms with van der Waals surface area (Å²) in [5.74, 6) is 1.75. The molecule has 0 spiro atoms. The number of benzene rings is 1. The molecule has 0 atom stereocenters. The summed E-state index contributed by atoms with van der Waals surface area (Å²) in [4.78, 5) is 7.08. The average Bonchev–Trinajstić information content (AvgIpc) is 2.75. The van der Waals surface area contributed by atoms with Gasteiger partial charge in [0.15, 0.2) is 5.96 Å². The molecule has 7 heteroatoms. The largest absolute Gasteiger partial charge is 0.496 e. The van der Waals surface area contributed by atoms with Gasteiger partial charge in [0.2, 0.25) is 0 Å². The predicted molar refractivity (Wildman–Crippen MR) is 125 cm³/mol. The average molecular weight is 502 g/mol. The van der Waals surface area contributed by atoms with Crippen LogP contribution < -0.4 is 15.4 Å². The van der Waals surface area contributed by atoms with Crippen molar-refractivity contribution in [2.75, 3.05) is 47.0 Å². The molecule has 3 rings (SSSR count). The van der Waals surface area contributed by atoms with Crippen molar-refractivity contribution in [3.63, 3.8) is 0 Å². The van der Waals surface area contributed by atoms with Gasteiger partial charge in [0, 0.05) is 44.3 Å². The van der Waals surface area contributed by atoms with E-state index >= 15 is 0 Å². The Balaban J connectivity index is 0.00000280. The zero-order valence-corrected chi connectivity index (χ0v) is 19.5. The van der Waals surface area contributed by atoms with Crippen molar-refractivity contribution in [1.29, 1.82) is 0 Å². The molecule has 1 aliphatic heterocycles. The number of nitrogens with zero attached hydrogens (tertiary/aromatic N) is 2. The van der Waals surface area contributed by atoms with Gasteiger partial charge in [0.05, 0.1) is 20.3 Å². The van der Waals surface area contributed by atoms with Gasteiger partial charge < -0.3 is 20.1 Å². The molecule has 0 bridgehead atoms. The Labute approximate surface area is 186 Å². The Bertz CT molecular complexity index is 614. The molecule has 158 valence electrons. The SMILES string of the molecule is CN=C(NCc1ccccc1OC)NCC1(N2CCOCC2)CCCCC1.I. The number of methoxy groups -OCH3 is 1. The van der Waals surface area contributed by atoms with Gasteiger partial charge in [-0.1, -0.05) is 37.5 Å². The molecule has 2 aliphatic rings. The van der Waals surface area contributed by atoms with Crippen molar-refractivity contribution >= 4 is 29.9 Å². The standard InChI is InChI=1S/C21H34N4O2.HI/c1-22-20(23-16-18-8-4-5-9-19(18)26-2)24-17-21(10-6-3-7-11-21)25-12-14-27-15-13-25;/h4-5,8-9H,3,6-7,10-17H2,1-2H3,(H2,22,23,24);1H. The summed E-state index contributed by atoms with van der Waals surface area (Å²) in [5, 5.41) is 7.04. The summed E-state index contributed by atoms with van der Waals surface area (Å²) >= 11 is 0. The Kier molecular flexibility index (Phi) is 9.81. The van der Waals surface area contributed by atoms with Crippen molar-refractivity contribution < 1.29 is 9.47 Å². The van der Waals surface area contributed by atoms with E-state index in [-0.39, 0.29) is 29.5 Å². The van der Waals surface area contributed by atoms with Crippen LogP contribution in [0.3, 0.4) is 0 Å². The summed E-state index contributed by atoms with van der Waals surface area (Å²) in [6.07, 6.45) is 6.48. The van der Waals surface area contributed by atoms with E-state index in [4.69, 9.17) is 9.47 Å². The summed E-state index contributed by atoms with van der Waals surface area (Å²) in [6, 6.07) is 8.09. The predicted octanol–water partition coefficient (Wildman–Crippen LogP) is 3.01. The van der Waals surface area contributed by atoms with Crippen LogP contribution in [0.1, 0.15) is 37.7 Å². The van der Waals surface area contributed by atoms with E-state index in [9.17, 15) is 0 Å². The lowest BCUT2D eigenvalue weighted by atomic mass is 9.80. The second kappa shape index (κ2) is 11.8. The van der Waals surface area contributed by atoms with E-state index in [0.717, 1.165) is 50.1 Å². The Morgan fingerprint density at radius 1 is 1.14 bits per heavy atom. The number of rotatable bonds is 6. The topological polar surface area (TPSA) is 58.1 Å². The van der Waals surface area contributed by atoms with E-state index in [1.807, 2.05) is 25.2 Å². The van der Waals surface area contributed by atoms with Crippen LogP contribution in [0.2, 0.25) is 0 Å². The first-order valence-electron chi connectivity index (χ1n) is 10.2. The molecule has 6 nitrogen and oxygen atoms in total. The van der Waals surface area contributed by atoms with Crippen molar-refractivity contribution in [2.24, 2.45) is 4.99 Å². The molecule has 1 heterocycles. The highest BCUT2D eigenvalue weighted by atomic mass is 127. The quantitative estimate of drug-likeness (QED) is 0.356. The van der Waals surface area contributed by atoms with Crippen LogP contribution in [0.4, 0.5) is 0 Å². The fourth-order valence-electron chi connectivity index (χ4n) is 4.35. The Morgan fingerprint density at radius 3 is 2.54 bits per heavy atom. The number of morpholine rings is 1. The summed E-state index contributed by atoms with van der Waals surface area (Å²) in [7, 11) is 3.54. The number of guanidine groups is 1. The normalized spacial score (nSPS) is 20.1. The molecule has 0 aromatic heterocycles. The molecule has 0 amide bonds. The first-order valence-corrected chi connectivity index (χ1v) is 10.2. The lowest BCUT2D eigenvalue weighted by Gasteiger charge is -2.48. The highest BCUT2D eigenvalue weighted by molar-refractivity contribution is 14.0. The van der Waals surface area contributed by atoms with Crippen LogP contribution in [0.5, 0.6) is 5.75 Å². The van der Waals surface area contributed by atoms with E-state index in [1.165, 1.54) is 32.1 Å².